The first-order valence-corrected chi connectivity index (χ1v) is 6.51. The van der Waals surface area contributed by atoms with E-state index in [1.807, 2.05) is 0 Å². The Bertz CT molecular complexity index is 535. The van der Waals surface area contributed by atoms with Crippen LogP contribution in [0.25, 0.3) is 0 Å². The fourth-order valence-corrected chi connectivity index (χ4v) is 2.24. The van der Waals surface area contributed by atoms with E-state index in [0.717, 1.165) is 0 Å². The Morgan fingerprint density at radius 1 is 1.50 bits per heavy atom. The second-order valence-electron chi connectivity index (χ2n) is 4.36. The molecule has 1 saturated heterocycles. The molecule has 0 aromatic heterocycles. The van der Waals surface area contributed by atoms with Gasteiger partial charge in [-0.15, -0.1) is 0 Å². The van der Waals surface area contributed by atoms with Gasteiger partial charge in [-0.1, -0.05) is 11.6 Å². The number of nitrogens with zero attached hydrogens (tertiary/aromatic N) is 1. The van der Waals surface area contributed by atoms with Crippen LogP contribution >= 0.6 is 11.6 Å². The van der Waals surface area contributed by atoms with Crippen molar-refractivity contribution in [1.82, 2.24) is 10.2 Å². The maximum atomic E-state index is 12.5. The van der Waals surface area contributed by atoms with E-state index in [0.29, 0.717) is 11.6 Å². The number of amides is 2. The van der Waals surface area contributed by atoms with Crippen molar-refractivity contribution < 1.29 is 19.4 Å². The summed E-state index contributed by atoms with van der Waals surface area (Å²) in [5.41, 5.74) is 0.0771. The third-order valence-corrected chi connectivity index (χ3v) is 3.36. The van der Waals surface area contributed by atoms with Gasteiger partial charge < -0.3 is 20.1 Å². The highest BCUT2D eigenvalue weighted by Gasteiger charge is 2.33. The number of ether oxygens (including phenoxy) is 1. The number of aromatic hydroxyl groups is 1. The van der Waals surface area contributed by atoms with Crippen LogP contribution in [-0.2, 0) is 9.53 Å². The minimum atomic E-state index is -0.709. The summed E-state index contributed by atoms with van der Waals surface area (Å²) in [5, 5.41) is 12.6. The Morgan fingerprint density at radius 3 is 2.95 bits per heavy atom. The molecule has 7 heteroatoms. The van der Waals surface area contributed by atoms with Crippen LogP contribution in [-0.4, -0.2) is 54.7 Å². The number of morpholine rings is 1. The molecule has 2 amide bonds. The topological polar surface area (TPSA) is 78.9 Å². The molecule has 1 heterocycles. The Labute approximate surface area is 121 Å². The summed E-state index contributed by atoms with van der Waals surface area (Å²) in [7, 11) is 1.50. The maximum Gasteiger partial charge on any atom is 0.258 e. The number of phenols is 1. The number of rotatable bonds is 2. The van der Waals surface area contributed by atoms with Crippen molar-refractivity contribution >= 4 is 23.4 Å². The minimum Gasteiger partial charge on any atom is -0.507 e. The quantitative estimate of drug-likeness (QED) is 0.839. The summed E-state index contributed by atoms with van der Waals surface area (Å²) < 4.78 is 5.23. The average molecular weight is 299 g/mol. The average Bonchev–Trinajstić information content (AvgIpc) is 2.48. The monoisotopic (exact) mass is 298 g/mol. The van der Waals surface area contributed by atoms with E-state index in [2.05, 4.69) is 5.32 Å². The summed E-state index contributed by atoms with van der Waals surface area (Å²) in [5.74, 6) is -0.914. The molecule has 0 aliphatic carbocycles. The highest BCUT2D eigenvalue weighted by atomic mass is 35.5. The zero-order valence-electron chi connectivity index (χ0n) is 10.9. The lowest BCUT2D eigenvalue weighted by molar-refractivity contribution is -0.130. The molecule has 1 aliphatic rings. The summed E-state index contributed by atoms with van der Waals surface area (Å²) in [6.45, 7) is 0.760. The van der Waals surface area contributed by atoms with Gasteiger partial charge in [0.05, 0.1) is 18.8 Å². The largest absolute Gasteiger partial charge is 0.507 e. The summed E-state index contributed by atoms with van der Waals surface area (Å²) in [6.07, 6.45) is 0. The van der Waals surface area contributed by atoms with Crippen molar-refractivity contribution in [3.8, 4) is 5.75 Å². The second kappa shape index (κ2) is 6.11. The maximum absolute atomic E-state index is 12.5. The highest BCUT2D eigenvalue weighted by Crippen LogP contribution is 2.24. The van der Waals surface area contributed by atoms with Gasteiger partial charge in [-0.25, -0.2) is 0 Å². The first-order valence-electron chi connectivity index (χ1n) is 6.13. The smallest absolute Gasteiger partial charge is 0.258 e. The van der Waals surface area contributed by atoms with Crippen LogP contribution in [0.3, 0.4) is 0 Å². The molecule has 0 spiro atoms. The second-order valence-corrected chi connectivity index (χ2v) is 4.80. The molecule has 6 nitrogen and oxygen atoms in total. The fourth-order valence-electron chi connectivity index (χ4n) is 2.06. The van der Waals surface area contributed by atoms with Crippen LogP contribution < -0.4 is 5.32 Å². The zero-order valence-corrected chi connectivity index (χ0v) is 11.7. The number of benzene rings is 1. The molecule has 0 saturated carbocycles. The molecule has 1 aliphatic heterocycles. The summed E-state index contributed by atoms with van der Waals surface area (Å²) in [4.78, 5) is 25.6. The molecule has 1 aromatic rings. The van der Waals surface area contributed by atoms with Gasteiger partial charge in [0.2, 0.25) is 5.91 Å². The number of hydrogen-bond acceptors (Lipinski definition) is 4. The van der Waals surface area contributed by atoms with E-state index >= 15 is 0 Å². The van der Waals surface area contributed by atoms with Crippen molar-refractivity contribution in [2.45, 2.75) is 6.04 Å². The lowest BCUT2D eigenvalue weighted by Gasteiger charge is -2.34. The first-order chi connectivity index (χ1) is 9.54. The first kappa shape index (κ1) is 14.6. The summed E-state index contributed by atoms with van der Waals surface area (Å²) >= 11 is 5.84. The van der Waals surface area contributed by atoms with Gasteiger partial charge in [0.1, 0.15) is 11.8 Å². The number of likely N-dealkylation sites (N-methyl/N-ethyl adjacent to an activating group) is 1. The normalized spacial score (nSPS) is 18.7. The molecule has 0 bridgehead atoms. The molecule has 1 aromatic carbocycles. The number of phenolic OH excluding ortho intramolecular Hbond substituents is 1. The predicted molar refractivity (Wildman–Crippen MR) is 72.8 cm³/mol. The third-order valence-electron chi connectivity index (χ3n) is 3.13. The molecule has 108 valence electrons. The van der Waals surface area contributed by atoms with Gasteiger partial charge in [0.25, 0.3) is 5.91 Å². The van der Waals surface area contributed by atoms with Crippen molar-refractivity contribution in [3.63, 3.8) is 0 Å². The van der Waals surface area contributed by atoms with Crippen molar-refractivity contribution in [3.05, 3.63) is 28.8 Å². The van der Waals surface area contributed by atoms with Crippen molar-refractivity contribution in [1.29, 1.82) is 0 Å². The predicted octanol–water partition coefficient (Wildman–Crippen LogP) is 0.633. The van der Waals surface area contributed by atoms with Crippen molar-refractivity contribution in [2.24, 2.45) is 0 Å². The van der Waals surface area contributed by atoms with Crippen LogP contribution in [0, 0.1) is 0 Å². The summed E-state index contributed by atoms with van der Waals surface area (Å²) in [6, 6.07) is 3.52. The van der Waals surface area contributed by atoms with Gasteiger partial charge in [-0.3, -0.25) is 9.59 Å². The SMILES string of the molecule is CNC(=O)C1COCCN1C(=O)c1cc(Cl)ccc1O. The van der Waals surface area contributed by atoms with Gasteiger partial charge in [0.15, 0.2) is 0 Å². The van der Waals surface area contributed by atoms with Gasteiger partial charge >= 0.3 is 0 Å². The Balaban J connectivity index is 2.30. The van der Waals surface area contributed by atoms with Crippen LogP contribution in [0.4, 0.5) is 0 Å². The van der Waals surface area contributed by atoms with Gasteiger partial charge in [-0.2, -0.15) is 0 Å². The van der Waals surface area contributed by atoms with Crippen molar-refractivity contribution in [2.75, 3.05) is 26.8 Å². The number of halogens is 1. The van der Waals surface area contributed by atoms with Crippen LogP contribution in [0.1, 0.15) is 10.4 Å². The lowest BCUT2D eigenvalue weighted by Crippen LogP contribution is -2.55. The van der Waals surface area contributed by atoms with E-state index in [-0.39, 0.29) is 30.4 Å². The number of nitrogens with one attached hydrogen (secondary N) is 1. The molecule has 1 atom stereocenters. The Morgan fingerprint density at radius 2 is 2.25 bits per heavy atom. The number of carbonyl (C=O) groups excluding carboxylic acids is 2. The molecular formula is C13H15ClN2O4. The lowest BCUT2D eigenvalue weighted by atomic mass is 10.1. The van der Waals surface area contributed by atoms with Gasteiger partial charge in [0, 0.05) is 18.6 Å². The highest BCUT2D eigenvalue weighted by molar-refractivity contribution is 6.31. The molecule has 1 fully saturated rings. The van der Waals surface area contributed by atoms with Crippen LogP contribution in [0.5, 0.6) is 5.75 Å². The van der Waals surface area contributed by atoms with Crippen LogP contribution in [0.15, 0.2) is 18.2 Å². The Hall–Kier alpha value is -1.79. The van der Waals surface area contributed by atoms with E-state index < -0.39 is 11.9 Å². The van der Waals surface area contributed by atoms with Crippen LogP contribution in [0.2, 0.25) is 5.02 Å². The molecule has 20 heavy (non-hydrogen) atoms. The van der Waals surface area contributed by atoms with E-state index in [4.69, 9.17) is 16.3 Å². The molecule has 2 rings (SSSR count). The third kappa shape index (κ3) is 2.86. The number of carbonyl (C=O) groups is 2. The Kier molecular flexibility index (Phi) is 4.46. The van der Waals surface area contributed by atoms with E-state index in [1.54, 1.807) is 0 Å². The standard InChI is InChI=1S/C13H15ClN2O4/c1-15-12(18)10-7-20-5-4-16(10)13(19)9-6-8(14)2-3-11(9)17/h2-3,6,10,17H,4-5,7H2,1H3,(H,15,18). The fraction of sp³-hybridized carbons (Fsp3) is 0.385. The van der Waals surface area contributed by atoms with E-state index in [9.17, 15) is 14.7 Å². The minimum absolute atomic E-state index is 0.0771. The molecule has 1 unspecified atom stereocenters. The molecule has 2 N–H and O–H groups in total. The zero-order chi connectivity index (χ0) is 14.7. The number of hydrogen-bond donors (Lipinski definition) is 2. The molecule has 0 radical (unpaired) electrons. The van der Waals surface area contributed by atoms with Gasteiger partial charge in [-0.05, 0) is 18.2 Å². The van der Waals surface area contributed by atoms with E-state index in [1.165, 1.54) is 30.1 Å². The molecular weight excluding hydrogens is 284 g/mol.